The fraction of sp³-hybridized carbons (Fsp3) is 0. The number of allylic oxidation sites excluding steroid dienone is 4. The van der Waals surface area contributed by atoms with Crippen molar-refractivity contribution in [3.8, 4) is 0 Å². The summed E-state index contributed by atoms with van der Waals surface area (Å²) in [5.41, 5.74) is -0.358. The lowest BCUT2D eigenvalue weighted by atomic mass is 9.89. The van der Waals surface area contributed by atoms with Crippen LogP contribution in [0.1, 0.15) is 5.56 Å². The molecular formula is C20H10N2O6. The van der Waals surface area contributed by atoms with Crippen molar-refractivity contribution in [2.45, 2.75) is 0 Å². The minimum Gasteiger partial charge on any atom is -0.290 e. The molecule has 1 aliphatic rings. The number of ketones is 2. The van der Waals surface area contributed by atoms with Crippen molar-refractivity contribution in [3.63, 3.8) is 0 Å². The van der Waals surface area contributed by atoms with Crippen molar-refractivity contribution in [2.24, 2.45) is 0 Å². The number of carbonyl (C=O) groups is 2. The molecule has 0 fully saturated rings. The van der Waals surface area contributed by atoms with Crippen LogP contribution < -0.4 is 0 Å². The van der Waals surface area contributed by atoms with Gasteiger partial charge in [0.1, 0.15) is 0 Å². The van der Waals surface area contributed by atoms with E-state index < -0.39 is 21.4 Å². The second-order valence-electron chi connectivity index (χ2n) is 6.20. The third-order valence-corrected chi connectivity index (χ3v) is 4.61. The van der Waals surface area contributed by atoms with Crippen molar-refractivity contribution in [1.82, 2.24) is 0 Å². The Morgan fingerprint density at radius 2 is 1.46 bits per heavy atom. The van der Waals surface area contributed by atoms with Gasteiger partial charge in [0.15, 0.2) is 11.6 Å². The topological polar surface area (TPSA) is 120 Å². The van der Waals surface area contributed by atoms with Gasteiger partial charge in [-0.25, -0.2) is 0 Å². The van der Waals surface area contributed by atoms with Crippen LogP contribution in [-0.2, 0) is 9.59 Å². The molecule has 28 heavy (non-hydrogen) atoms. The summed E-state index contributed by atoms with van der Waals surface area (Å²) in [6.07, 6.45) is 3.28. The molecule has 4 rings (SSSR count). The number of nitro benzene ring substituents is 2. The normalized spacial score (nSPS) is 13.8. The van der Waals surface area contributed by atoms with Gasteiger partial charge in [-0.15, -0.1) is 0 Å². The average molecular weight is 374 g/mol. The molecule has 0 atom stereocenters. The van der Waals surface area contributed by atoms with Crippen LogP contribution >= 0.6 is 0 Å². The van der Waals surface area contributed by atoms with E-state index in [1.54, 1.807) is 18.2 Å². The summed E-state index contributed by atoms with van der Waals surface area (Å²) in [7, 11) is 0. The molecule has 0 aliphatic heterocycles. The first-order valence-electron chi connectivity index (χ1n) is 8.13. The van der Waals surface area contributed by atoms with Gasteiger partial charge in [-0.3, -0.25) is 29.8 Å². The zero-order valence-corrected chi connectivity index (χ0v) is 14.1. The Bertz CT molecular complexity index is 1300. The van der Waals surface area contributed by atoms with Gasteiger partial charge in [-0.1, -0.05) is 12.1 Å². The van der Waals surface area contributed by atoms with Gasteiger partial charge in [-0.05, 0) is 51.9 Å². The first kappa shape index (κ1) is 17.2. The predicted molar refractivity (Wildman–Crippen MR) is 102 cm³/mol. The predicted octanol–water partition coefficient (Wildman–Crippen LogP) is 3.90. The van der Waals surface area contributed by atoms with E-state index in [-0.39, 0.29) is 22.5 Å². The maximum atomic E-state index is 12.3. The number of non-ortho nitro benzene ring substituents is 1. The van der Waals surface area contributed by atoms with Crippen LogP contribution in [0.2, 0.25) is 0 Å². The fourth-order valence-electron chi connectivity index (χ4n) is 3.38. The summed E-state index contributed by atoms with van der Waals surface area (Å²) in [5, 5.41) is 24.8. The van der Waals surface area contributed by atoms with Crippen molar-refractivity contribution in [2.75, 3.05) is 0 Å². The molecule has 3 aromatic rings. The largest absolute Gasteiger partial charge is 0.290 e. The van der Waals surface area contributed by atoms with Gasteiger partial charge in [0.25, 0.3) is 11.4 Å². The lowest BCUT2D eigenvalue weighted by molar-refractivity contribution is -0.385. The second-order valence-corrected chi connectivity index (χ2v) is 6.20. The number of nitrogens with zero attached hydrogens (tertiary/aromatic N) is 2. The molecule has 8 heteroatoms. The molecule has 0 N–H and O–H groups in total. The molecule has 1 aliphatic carbocycles. The summed E-state index contributed by atoms with van der Waals surface area (Å²) in [4.78, 5) is 45.6. The van der Waals surface area contributed by atoms with E-state index in [2.05, 4.69) is 0 Å². The second kappa shape index (κ2) is 6.20. The Balaban J connectivity index is 2.09. The summed E-state index contributed by atoms with van der Waals surface area (Å²) in [6.45, 7) is 0. The number of hydrogen-bond acceptors (Lipinski definition) is 6. The Morgan fingerprint density at radius 3 is 2.18 bits per heavy atom. The molecule has 8 nitrogen and oxygen atoms in total. The van der Waals surface area contributed by atoms with E-state index in [0.29, 0.717) is 21.5 Å². The van der Waals surface area contributed by atoms with Gasteiger partial charge in [-0.2, -0.15) is 0 Å². The molecule has 0 radical (unpaired) electrons. The summed E-state index contributed by atoms with van der Waals surface area (Å²) >= 11 is 0. The summed E-state index contributed by atoms with van der Waals surface area (Å²) in [5.74, 6) is -0.934. The highest BCUT2D eigenvalue weighted by atomic mass is 16.6. The van der Waals surface area contributed by atoms with Crippen LogP contribution in [0.15, 0.2) is 60.7 Å². The number of benzene rings is 3. The van der Waals surface area contributed by atoms with Crippen LogP contribution in [0.5, 0.6) is 0 Å². The van der Waals surface area contributed by atoms with E-state index in [1.165, 1.54) is 24.3 Å². The molecular weight excluding hydrogens is 364 g/mol. The maximum absolute atomic E-state index is 12.3. The lowest BCUT2D eigenvalue weighted by Gasteiger charge is -2.13. The highest BCUT2D eigenvalue weighted by Gasteiger charge is 2.26. The number of nitro groups is 2. The fourth-order valence-corrected chi connectivity index (χ4v) is 3.38. The molecule has 3 aromatic carbocycles. The standard InChI is InChI=1S/C20H10N2O6/c23-13-3-8-19(24)17(10-13)20-16-4-1-11-9-12(21(25)26)2-5-14(11)15(16)6-7-18(20)22(27)28/h1-10H. The molecule has 0 unspecified atom stereocenters. The van der Waals surface area contributed by atoms with Gasteiger partial charge < -0.3 is 0 Å². The first-order valence-corrected chi connectivity index (χ1v) is 8.13. The van der Waals surface area contributed by atoms with E-state index in [1.807, 2.05) is 0 Å². The third kappa shape index (κ3) is 2.64. The number of fused-ring (bicyclic) bond motifs is 3. The van der Waals surface area contributed by atoms with Crippen molar-refractivity contribution >= 4 is 50.1 Å². The SMILES string of the molecule is O=C1C=CC(=O)C(c2c([N+](=O)[O-])ccc3c2ccc2cc([N+](=O)[O-])ccc23)=C1. The van der Waals surface area contributed by atoms with Crippen LogP contribution in [0.3, 0.4) is 0 Å². The molecule has 136 valence electrons. The van der Waals surface area contributed by atoms with E-state index >= 15 is 0 Å². The summed E-state index contributed by atoms with van der Waals surface area (Å²) < 4.78 is 0. The monoisotopic (exact) mass is 374 g/mol. The van der Waals surface area contributed by atoms with Gasteiger partial charge in [0, 0.05) is 23.8 Å². The minimum atomic E-state index is -0.605. The van der Waals surface area contributed by atoms with Crippen molar-refractivity contribution < 1.29 is 19.4 Å². The Labute approximate surface area is 156 Å². The lowest BCUT2D eigenvalue weighted by Crippen LogP contribution is -2.09. The molecule has 0 saturated carbocycles. The summed E-state index contributed by atoms with van der Waals surface area (Å²) in [6, 6.07) is 10.3. The van der Waals surface area contributed by atoms with Crippen LogP contribution in [0.25, 0.3) is 27.1 Å². The van der Waals surface area contributed by atoms with Crippen molar-refractivity contribution in [3.05, 3.63) is 86.5 Å². The first-order chi connectivity index (χ1) is 13.4. The molecule has 0 aromatic heterocycles. The number of rotatable bonds is 3. The molecule has 0 heterocycles. The van der Waals surface area contributed by atoms with Crippen molar-refractivity contribution in [1.29, 1.82) is 0 Å². The zero-order chi connectivity index (χ0) is 20.0. The van der Waals surface area contributed by atoms with Crippen LogP contribution in [-0.4, -0.2) is 21.4 Å². The Kier molecular flexibility index (Phi) is 3.82. The maximum Gasteiger partial charge on any atom is 0.277 e. The van der Waals surface area contributed by atoms with Gasteiger partial charge in [0.2, 0.25) is 0 Å². The van der Waals surface area contributed by atoms with E-state index in [4.69, 9.17) is 0 Å². The number of carbonyl (C=O) groups excluding carboxylic acids is 2. The quantitative estimate of drug-likeness (QED) is 0.297. The number of hydrogen-bond donors (Lipinski definition) is 0. The highest BCUT2D eigenvalue weighted by molar-refractivity contribution is 6.36. The average Bonchev–Trinajstić information content (AvgIpc) is 2.68. The Morgan fingerprint density at radius 1 is 0.750 bits per heavy atom. The zero-order valence-electron chi connectivity index (χ0n) is 14.1. The smallest absolute Gasteiger partial charge is 0.277 e. The van der Waals surface area contributed by atoms with E-state index in [9.17, 15) is 29.8 Å². The van der Waals surface area contributed by atoms with Gasteiger partial charge >= 0.3 is 0 Å². The Hall–Kier alpha value is -4.20. The molecule has 0 saturated heterocycles. The minimum absolute atomic E-state index is 0.0499. The van der Waals surface area contributed by atoms with E-state index in [0.717, 1.165) is 18.2 Å². The molecule has 0 amide bonds. The molecule has 0 spiro atoms. The van der Waals surface area contributed by atoms with Crippen LogP contribution in [0, 0.1) is 20.2 Å². The van der Waals surface area contributed by atoms with Gasteiger partial charge in [0.05, 0.1) is 15.4 Å². The van der Waals surface area contributed by atoms with Crippen LogP contribution in [0.4, 0.5) is 11.4 Å². The third-order valence-electron chi connectivity index (χ3n) is 4.61. The highest BCUT2D eigenvalue weighted by Crippen LogP contribution is 2.38. The molecule has 0 bridgehead atoms.